The number of para-hydroxylation sites is 1. The van der Waals surface area contributed by atoms with Crippen molar-refractivity contribution < 1.29 is 8.42 Å². The Kier molecular flexibility index (Phi) is 5.36. The highest BCUT2D eigenvalue weighted by atomic mass is 32.2. The molecule has 0 saturated carbocycles. The van der Waals surface area contributed by atoms with Gasteiger partial charge in [0.25, 0.3) is 5.95 Å². The summed E-state index contributed by atoms with van der Waals surface area (Å²) in [5.74, 6) is 0.925. The van der Waals surface area contributed by atoms with Crippen LogP contribution in [-0.4, -0.2) is 33.2 Å². The van der Waals surface area contributed by atoms with Gasteiger partial charge in [-0.2, -0.15) is 20.1 Å². The average Bonchev–Trinajstić information content (AvgIpc) is 3.06. The summed E-state index contributed by atoms with van der Waals surface area (Å²) in [6.45, 7) is 3.80. The molecule has 0 aliphatic rings. The highest BCUT2D eigenvalue weighted by molar-refractivity contribution is 7.89. The molecular formula is C20H20N8O2S. The summed E-state index contributed by atoms with van der Waals surface area (Å²) in [4.78, 5) is 13.4. The van der Waals surface area contributed by atoms with Crippen LogP contribution in [0.3, 0.4) is 0 Å². The van der Waals surface area contributed by atoms with Crippen LogP contribution >= 0.6 is 0 Å². The number of nitrogens with one attached hydrogen (secondary N) is 2. The fourth-order valence-corrected chi connectivity index (χ4v) is 3.43. The maximum Gasteiger partial charge on any atom is 0.257 e. The van der Waals surface area contributed by atoms with Crippen molar-refractivity contribution in [1.82, 2.24) is 24.7 Å². The fraction of sp³-hybridized carbons (Fsp3) is 0.100. The summed E-state index contributed by atoms with van der Waals surface area (Å²) in [5, 5.41) is 15.8. The van der Waals surface area contributed by atoms with Gasteiger partial charge < -0.3 is 10.6 Å². The van der Waals surface area contributed by atoms with E-state index < -0.39 is 10.0 Å². The topological polar surface area (TPSA) is 141 Å². The minimum absolute atomic E-state index is 0.0171. The second-order valence-electron chi connectivity index (χ2n) is 6.81. The lowest BCUT2D eigenvalue weighted by atomic mass is 10.3. The van der Waals surface area contributed by atoms with Crippen LogP contribution in [0, 0.1) is 13.8 Å². The number of primary sulfonamides is 1. The van der Waals surface area contributed by atoms with Gasteiger partial charge in [-0.05, 0) is 56.3 Å². The number of aromatic nitrogens is 5. The van der Waals surface area contributed by atoms with Gasteiger partial charge in [0.15, 0.2) is 0 Å². The zero-order chi connectivity index (χ0) is 22.0. The van der Waals surface area contributed by atoms with E-state index in [9.17, 15) is 8.42 Å². The molecule has 4 rings (SSSR count). The lowest BCUT2D eigenvalue weighted by molar-refractivity contribution is 0.598. The largest absolute Gasteiger partial charge is 0.324 e. The molecule has 158 valence electrons. The minimum atomic E-state index is -3.77. The number of nitrogens with two attached hydrogens (primary N) is 1. The molecule has 2 aromatic carbocycles. The molecule has 0 saturated heterocycles. The van der Waals surface area contributed by atoms with E-state index in [1.165, 1.54) is 12.1 Å². The Labute approximate surface area is 179 Å². The summed E-state index contributed by atoms with van der Waals surface area (Å²) in [7, 11) is -3.77. The third-order valence-corrected chi connectivity index (χ3v) is 5.22. The Morgan fingerprint density at radius 3 is 1.94 bits per heavy atom. The van der Waals surface area contributed by atoms with Crippen LogP contribution in [-0.2, 0) is 10.0 Å². The zero-order valence-electron chi connectivity index (χ0n) is 16.8. The van der Waals surface area contributed by atoms with Crippen LogP contribution < -0.4 is 15.8 Å². The normalized spacial score (nSPS) is 11.3. The van der Waals surface area contributed by atoms with Gasteiger partial charge in [-0.3, -0.25) is 0 Å². The van der Waals surface area contributed by atoms with E-state index in [4.69, 9.17) is 5.14 Å². The van der Waals surface area contributed by atoms with E-state index in [2.05, 4.69) is 30.7 Å². The van der Waals surface area contributed by atoms with Crippen LogP contribution in [0.5, 0.6) is 0 Å². The van der Waals surface area contributed by atoms with Crippen molar-refractivity contribution in [2.45, 2.75) is 18.7 Å². The monoisotopic (exact) mass is 436 g/mol. The quantitative estimate of drug-likeness (QED) is 0.419. The smallest absolute Gasteiger partial charge is 0.257 e. The molecule has 0 fully saturated rings. The maximum absolute atomic E-state index is 11.5. The standard InChI is InChI=1S/C20H20N8O2S/c1-13-12-14(2)28(27-13)20-25-18(22-15-6-4-3-5-7-15)24-19(26-20)23-16-8-10-17(11-9-16)31(21,29)30/h3-12H,1-2H3,(H2,21,29,30)(H2,22,23,24,25,26). The van der Waals surface area contributed by atoms with Crippen LogP contribution in [0.1, 0.15) is 11.4 Å². The van der Waals surface area contributed by atoms with E-state index >= 15 is 0 Å². The number of hydrogen-bond donors (Lipinski definition) is 3. The van der Waals surface area contributed by atoms with Crippen molar-refractivity contribution in [2.75, 3.05) is 10.6 Å². The van der Waals surface area contributed by atoms with Crippen LogP contribution in [0.4, 0.5) is 23.3 Å². The molecule has 31 heavy (non-hydrogen) atoms. The number of hydrogen-bond acceptors (Lipinski definition) is 8. The molecule has 0 aliphatic carbocycles. The van der Waals surface area contributed by atoms with Gasteiger partial charge >= 0.3 is 0 Å². The highest BCUT2D eigenvalue weighted by Crippen LogP contribution is 2.20. The van der Waals surface area contributed by atoms with E-state index in [1.54, 1.807) is 16.8 Å². The molecule has 4 N–H and O–H groups in total. The molecule has 0 aliphatic heterocycles. The summed E-state index contributed by atoms with van der Waals surface area (Å²) in [6.07, 6.45) is 0. The first-order valence-corrected chi connectivity index (χ1v) is 10.8. The first-order chi connectivity index (χ1) is 14.8. The summed E-state index contributed by atoms with van der Waals surface area (Å²) in [5.41, 5.74) is 3.11. The SMILES string of the molecule is Cc1cc(C)n(-c2nc(Nc3ccccc3)nc(Nc3ccc(S(N)(=O)=O)cc3)n2)n1. The highest BCUT2D eigenvalue weighted by Gasteiger charge is 2.13. The van der Waals surface area contributed by atoms with Gasteiger partial charge in [0.1, 0.15) is 0 Å². The predicted octanol–water partition coefficient (Wildman–Crippen LogP) is 2.81. The third-order valence-electron chi connectivity index (χ3n) is 4.29. The van der Waals surface area contributed by atoms with Gasteiger partial charge in [-0.25, -0.2) is 18.2 Å². The number of aryl methyl sites for hydroxylation is 2. The van der Waals surface area contributed by atoms with Crippen LogP contribution in [0.15, 0.2) is 65.6 Å². The second kappa shape index (κ2) is 8.13. The third kappa shape index (κ3) is 4.85. The van der Waals surface area contributed by atoms with Crippen molar-refractivity contribution in [1.29, 1.82) is 0 Å². The number of nitrogens with zero attached hydrogens (tertiary/aromatic N) is 5. The summed E-state index contributed by atoms with van der Waals surface area (Å²) < 4.78 is 24.6. The Bertz CT molecular complexity index is 1320. The Balaban J connectivity index is 1.71. The first kappa shape index (κ1) is 20.4. The van der Waals surface area contributed by atoms with E-state index in [0.29, 0.717) is 17.6 Å². The Hall–Kier alpha value is -3.83. The predicted molar refractivity (Wildman–Crippen MR) is 117 cm³/mol. The van der Waals surface area contributed by atoms with Crippen molar-refractivity contribution in [3.8, 4) is 5.95 Å². The lowest BCUT2D eigenvalue weighted by Gasteiger charge is -2.11. The number of sulfonamides is 1. The van der Waals surface area contributed by atoms with Gasteiger partial charge in [-0.1, -0.05) is 18.2 Å². The van der Waals surface area contributed by atoms with Crippen molar-refractivity contribution in [3.63, 3.8) is 0 Å². The van der Waals surface area contributed by atoms with Gasteiger partial charge in [0, 0.05) is 17.1 Å². The average molecular weight is 437 g/mol. The molecule has 0 amide bonds. The number of rotatable bonds is 6. The van der Waals surface area contributed by atoms with Gasteiger partial charge in [-0.15, -0.1) is 0 Å². The lowest BCUT2D eigenvalue weighted by Crippen LogP contribution is -2.12. The Morgan fingerprint density at radius 1 is 0.839 bits per heavy atom. The molecule has 11 heteroatoms. The fourth-order valence-electron chi connectivity index (χ4n) is 2.91. The zero-order valence-corrected chi connectivity index (χ0v) is 17.6. The Morgan fingerprint density at radius 2 is 1.42 bits per heavy atom. The van der Waals surface area contributed by atoms with Crippen molar-refractivity contribution >= 4 is 33.3 Å². The van der Waals surface area contributed by atoms with Crippen LogP contribution in [0.25, 0.3) is 5.95 Å². The van der Waals surface area contributed by atoms with E-state index in [1.807, 2.05) is 50.2 Å². The molecular weight excluding hydrogens is 416 g/mol. The van der Waals surface area contributed by atoms with Gasteiger partial charge in [0.05, 0.1) is 10.6 Å². The van der Waals surface area contributed by atoms with E-state index in [0.717, 1.165) is 17.1 Å². The molecule has 4 aromatic rings. The second-order valence-corrected chi connectivity index (χ2v) is 8.37. The molecule has 0 atom stereocenters. The summed E-state index contributed by atoms with van der Waals surface area (Å²) >= 11 is 0. The summed E-state index contributed by atoms with van der Waals surface area (Å²) in [6, 6.07) is 17.4. The minimum Gasteiger partial charge on any atom is -0.324 e. The van der Waals surface area contributed by atoms with Gasteiger partial charge in [0.2, 0.25) is 21.9 Å². The number of anilines is 4. The van der Waals surface area contributed by atoms with Crippen LogP contribution in [0.2, 0.25) is 0 Å². The molecule has 0 spiro atoms. The van der Waals surface area contributed by atoms with Crippen molar-refractivity contribution in [2.24, 2.45) is 5.14 Å². The molecule has 10 nitrogen and oxygen atoms in total. The van der Waals surface area contributed by atoms with E-state index in [-0.39, 0.29) is 10.8 Å². The maximum atomic E-state index is 11.5. The molecule has 2 heterocycles. The molecule has 0 bridgehead atoms. The molecule has 0 radical (unpaired) electrons. The number of benzene rings is 2. The van der Waals surface area contributed by atoms with Crippen molar-refractivity contribution in [3.05, 3.63) is 72.1 Å². The molecule has 0 unspecified atom stereocenters. The molecule has 2 aromatic heterocycles. The first-order valence-electron chi connectivity index (χ1n) is 9.30.